The number of carbonyl (C=O) groups is 2. The minimum absolute atomic E-state index is 0.0299. The molecule has 2 amide bonds. The standard InChI is InChI=1S/C27H42N6O2S/c1-17(2)26(35)31-10-8-24-23(14-31)29-18(3)33(24)22-12-20-6-7-21(13-22)32(20)11-9-25(30-19(4)34)27(5)15-28-16-36-27/h16-17,20-22,25H,6-15H2,1-5H3,(H,30,34)/t20?,21?,22?,25-,27?/m0/s1. The Morgan fingerprint density at radius 2 is 1.94 bits per heavy atom. The van der Waals surface area contributed by atoms with Gasteiger partial charge in [0, 0.05) is 62.2 Å². The summed E-state index contributed by atoms with van der Waals surface area (Å²) >= 11 is 1.76. The van der Waals surface area contributed by atoms with Crippen LogP contribution in [0, 0.1) is 12.8 Å². The van der Waals surface area contributed by atoms with Gasteiger partial charge in [-0.2, -0.15) is 0 Å². The van der Waals surface area contributed by atoms with Gasteiger partial charge in [0.1, 0.15) is 5.82 Å². The van der Waals surface area contributed by atoms with Crippen LogP contribution in [0.1, 0.15) is 83.1 Å². The molecule has 4 aliphatic heterocycles. The number of aromatic nitrogens is 2. The summed E-state index contributed by atoms with van der Waals surface area (Å²) in [5.74, 6) is 1.41. The Balaban J connectivity index is 1.25. The van der Waals surface area contributed by atoms with Crippen LogP contribution in [0.5, 0.6) is 0 Å². The van der Waals surface area contributed by atoms with E-state index in [4.69, 9.17) is 4.98 Å². The predicted molar refractivity (Wildman–Crippen MR) is 144 cm³/mol. The molecule has 0 aromatic carbocycles. The van der Waals surface area contributed by atoms with E-state index in [1.54, 1.807) is 18.7 Å². The number of nitrogens with one attached hydrogen (secondary N) is 1. The highest BCUT2D eigenvalue weighted by atomic mass is 32.2. The highest BCUT2D eigenvalue weighted by Crippen LogP contribution is 2.43. The number of rotatable bonds is 7. The molecule has 3 unspecified atom stereocenters. The number of fused-ring (bicyclic) bond motifs is 3. The second kappa shape index (κ2) is 10.1. The second-order valence-corrected chi connectivity index (χ2v) is 13.1. The van der Waals surface area contributed by atoms with Crippen LogP contribution in [-0.4, -0.2) is 79.2 Å². The molecule has 8 nitrogen and oxygen atoms in total. The van der Waals surface area contributed by atoms with E-state index in [1.165, 1.54) is 18.5 Å². The van der Waals surface area contributed by atoms with E-state index < -0.39 is 0 Å². The van der Waals surface area contributed by atoms with E-state index in [-0.39, 0.29) is 28.5 Å². The smallest absolute Gasteiger partial charge is 0.225 e. The predicted octanol–water partition coefficient (Wildman–Crippen LogP) is 3.33. The van der Waals surface area contributed by atoms with Gasteiger partial charge in [-0.1, -0.05) is 13.8 Å². The number of carbonyl (C=O) groups excluding carboxylic acids is 2. The summed E-state index contributed by atoms with van der Waals surface area (Å²) in [6.45, 7) is 13.2. The van der Waals surface area contributed by atoms with Crippen molar-refractivity contribution < 1.29 is 9.59 Å². The van der Waals surface area contributed by atoms with Crippen LogP contribution in [-0.2, 0) is 22.6 Å². The van der Waals surface area contributed by atoms with Gasteiger partial charge in [-0.3, -0.25) is 19.5 Å². The Kier molecular flexibility index (Phi) is 7.24. The number of imidazole rings is 1. The number of piperidine rings is 1. The van der Waals surface area contributed by atoms with Crippen LogP contribution in [0.2, 0.25) is 0 Å². The largest absolute Gasteiger partial charge is 0.352 e. The highest BCUT2D eigenvalue weighted by Gasteiger charge is 2.44. The molecule has 0 spiro atoms. The molecule has 1 N–H and O–H groups in total. The highest BCUT2D eigenvalue weighted by molar-refractivity contribution is 8.13. The number of thioether (sulfide) groups is 1. The first-order valence-electron chi connectivity index (χ1n) is 13.7. The van der Waals surface area contributed by atoms with Crippen LogP contribution < -0.4 is 5.32 Å². The summed E-state index contributed by atoms with van der Waals surface area (Å²) in [5, 5.41) is 3.24. The molecule has 0 saturated carbocycles. The van der Waals surface area contributed by atoms with Crippen LogP contribution in [0.4, 0.5) is 0 Å². The maximum Gasteiger partial charge on any atom is 0.225 e. The average molecular weight is 515 g/mol. The lowest BCUT2D eigenvalue weighted by molar-refractivity contribution is -0.135. The fourth-order valence-corrected chi connectivity index (χ4v) is 7.94. The van der Waals surface area contributed by atoms with Crippen molar-refractivity contribution in [2.45, 2.75) is 109 Å². The SMILES string of the molecule is CC(=O)N[C@@H](CCN1C2CCC1CC(n1c(C)nc3c1CCN(C(=O)C(C)C)C3)C2)C1(C)CN=CS1. The van der Waals surface area contributed by atoms with Gasteiger partial charge in [0.15, 0.2) is 0 Å². The Labute approximate surface area is 219 Å². The van der Waals surface area contributed by atoms with Crippen molar-refractivity contribution in [2.24, 2.45) is 10.9 Å². The van der Waals surface area contributed by atoms with Gasteiger partial charge in [0.2, 0.25) is 11.8 Å². The monoisotopic (exact) mass is 514 g/mol. The number of nitrogens with zero attached hydrogens (tertiary/aromatic N) is 5. The van der Waals surface area contributed by atoms with Crippen LogP contribution >= 0.6 is 11.8 Å². The van der Waals surface area contributed by atoms with Gasteiger partial charge in [0.25, 0.3) is 0 Å². The molecule has 0 aliphatic carbocycles. The van der Waals surface area contributed by atoms with Crippen LogP contribution in [0.25, 0.3) is 0 Å². The van der Waals surface area contributed by atoms with Gasteiger partial charge < -0.3 is 14.8 Å². The normalized spacial score (nSPS) is 30.6. The zero-order valence-corrected chi connectivity index (χ0v) is 23.3. The summed E-state index contributed by atoms with van der Waals surface area (Å²) < 4.78 is 2.48. The summed E-state index contributed by atoms with van der Waals surface area (Å²) in [7, 11) is 0. The number of aliphatic imine (C=N–C) groups is 1. The Morgan fingerprint density at radius 3 is 2.56 bits per heavy atom. The van der Waals surface area contributed by atoms with Crippen LogP contribution in [0.3, 0.4) is 0 Å². The molecule has 9 heteroatoms. The lowest BCUT2D eigenvalue weighted by Crippen LogP contribution is -2.52. The molecule has 5 heterocycles. The topological polar surface area (TPSA) is 82.8 Å². The first kappa shape index (κ1) is 25.8. The van der Waals surface area contributed by atoms with Crippen LogP contribution in [0.15, 0.2) is 4.99 Å². The van der Waals surface area contributed by atoms with Gasteiger partial charge in [0.05, 0.1) is 29.1 Å². The third kappa shape index (κ3) is 4.85. The van der Waals surface area contributed by atoms with Gasteiger partial charge in [-0.25, -0.2) is 4.98 Å². The first-order valence-corrected chi connectivity index (χ1v) is 14.6. The van der Waals surface area contributed by atoms with Crippen molar-refractivity contribution in [1.82, 2.24) is 24.7 Å². The maximum absolute atomic E-state index is 12.6. The van der Waals surface area contributed by atoms with E-state index in [9.17, 15) is 9.59 Å². The number of hydrogen-bond acceptors (Lipinski definition) is 6. The molecule has 198 valence electrons. The summed E-state index contributed by atoms with van der Waals surface area (Å²) in [6, 6.07) is 1.79. The summed E-state index contributed by atoms with van der Waals surface area (Å²) in [6.07, 6.45) is 6.70. The van der Waals surface area contributed by atoms with E-state index in [1.807, 2.05) is 24.3 Å². The molecule has 5 rings (SSSR count). The Bertz CT molecular complexity index is 1010. The molecule has 1 aromatic rings. The lowest BCUT2D eigenvalue weighted by atomic mass is 9.93. The van der Waals surface area contributed by atoms with Crippen molar-refractivity contribution in [3.8, 4) is 0 Å². The van der Waals surface area contributed by atoms with E-state index in [0.29, 0.717) is 24.7 Å². The van der Waals surface area contributed by atoms with Crippen molar-refractivity contribution >= 4 is 29.1 Å². The molecule has 4 aliphatic rings. The summed E-state index contributed by atoms with van der Waals surface area (Å²) in [4.78, 5) is 38.6. The molecule has 2 saturated heterocycles. The minimum atomic E-state index is -0.0547. The quantitative estimate of drug-likeness (QED) is 0.604. The van der Waals surface area contributed by atoms with Gasteiger partial charge in [-0.15, -0.1) is 11.8 Å². The van der Waals surface area contributed by atoms with Crippen molar-refractivity contribution in [1.29, 1.82) is 0 Å². The minimum Gasteiger partial charge on any atom is -0.352 e. The van der Waals surface area contributed by atoms with Gasteiger partial charge in [-0.05, 0) is 46.0 Å². The third-order valence-electron chi connectivity index (χ3n) is 8.85. The average Bonchev–Trinajstić information content (AvgIpc) is 3.48. The maximum atomic E-state index is 12.6. The molecule has 4 atom stereocenters. The van der Waals surface area contributed by atoms with Crippen molar-refractivity contribution in [3.05, 3.63) is 17.2 Å². The molecule has 2 fully saturated rings. The number of aryl methyl sites for hydroxylation is 1. The molecule has 36 heavy (non-hydrogen) atoms. The zero-order chi connectivity index (χ0) is 25.6. The van der Waals surface area contributed by atoms with E-state index in [2.05, 4.69) is 33.6 Å². The third-order valence-corrected chi connectivity index (χ3v) is 10.1. The number of amides is 2. The Morgan fingerprint density at radius 1 is 1.22 bits per heavy atom. The molecular formula is C27H42N6O2S. The van der Waals surface area contributed by atoms with Crippen molar-refractivity contribution in [3.63, 3.8) is 0 Å². The summed E-state index contributed by atoms with van der Waals surface area (Å²) in [5.41, 5.74) is 4.40. The van der Waals surface area contributed by atoms with Gasteiger partial charge >= 0.3 is 0 Å². The number of hydrogen-bond donors (Lipinski definition) is 1. The molecule has 2 bridgehead atoms. The lowest BCUT2D eigenvalue weighted by Gasteiger charge is -2.42. The molecule has 0 radical (unpaired) electrons. The van der Waals surface area contributed by atoms with E-state index >= 15 is 0 Å². The first-order chi connectivity index (χ1) is 17.2. The van der Waals surface area contributed by atoms with Crippen molar-refractivity contribution in [2.75, 3.05) is 19.6 Å². The molecular weight excluding hydrogens is 472 g/mol. The fourth-order valence-electron chi connectivity index (χ4n) is 7.06. The Hall–Kier alpha value is -1.87. The van der Waals surface area contributed by atoms with E-state index in [0.717, 1.165) is 56.8 Å². The molecule has 1 aromatic heterocycles. The zero-order valence-electron chi connectivity index (χ0n) is 22.5. The fraction of sp³-hybridized carbons (Fsp3) is 0.778. The second-order valence-electron chi connectivity index (χ2n) is 11.8.